The van der Waals surface area contributed by atoms with E-state index in [4.69, 9.17) is 14.0 Å². The van der Waals surface area contributed by atoms with Gasteiger partial charge in [0.1, 0.15) is 0 Å². The molecular weight excluding hydrogens is 320 g/mol. The Morgan fingerprint density at radius 1 is 1.16 bits per heavy atom. The van der Waals surface area contributed by atoms with Crippen LogP contribution in [0.15, 0.2) is 22.7 Å². The van der Waals surface area contributed by atoms with Crippen molar-refractivity contribution in [2.75, 3.05) is 20.8 Å². The molecule has 1 fully saturated rings. The molecule has 0 radical (unpaired) electrons. The number of hydrogen-bond acceptors (Lipinski definition) is 6. The Kier molecular flexibility index (Phi) is 5.48. The lowest BCUT2D eigenvalue weighted by Crippen LogP contribution is -2.28. The summed E-state index contributed by atoms with van der Waals surface area (Å²) < 4.78 is 16.1. The average Bonchev–Trinajstić information content (AvgIpc) is 2.91. The molecular formula is C19H26N2O4. The van der Waals surface area contributed by atoms with Gasteiger partial charge in [-0.05, 0) is 44.0 Å². The Bertz CT molecular complexity index is 688. The van der Waals surface area contributed by atoms with E-state index in [9.17, 15) is 5.11 Å². The first-order valence-corrected chi connectivity index (χ1v) is 8.73. The zero-order valence-corrected chi connectivity index (χ0v) is 15.1. The molecule has 0 spiro atoms. The lowest BCUT2D eigenvalue weighted by molar-refractivity contribution is 0.159. The first kappa shape index (κ1) is 17.6. The predicted octanol–water partition coefficient (Wildman–Crippen LogP) is 3.82. The number of aromatic nitrogens is 1. The number of hydrogen-bond donors (Lipinski definition) is 1. The van der Waals surface area contributed by atoms with E-state index < -0.39 is 0 Å². The molecule has 1 atom stereocenters. The summed E-state index contributed by atoms with van der Waals surface area (Å²) >= 11 is 0. The summed E-state index contributed by atoms with van der Waals surface area (Å²) in [4.78, 5) is 2.41. The van der Waals surface area contributed by atoms with Crippen molar-refractivity contribution in [2.45, 2.75) is 45.2 Å². The van der Waals surface area contributed by atoms with Gasteiger partial charge in [-0.15, -0.1) is 0 Å². The second kappa shape index (κ2) is 7.78. The first-order chi connectivity index (χ1) is 12.1. The van der Waals surface area contributed by atoms with E-state index in [-0.39, 0.29) is 11.8 Å². The monoisotopic (exact) mass is 346 g/mol. The number of methoxy groups -OCH3 is 2. The first-order valence-electron chi connectivity index (χ1n) is 8.73. The number of benzene rings is 1. The van der Waals surface area contributed by atoms with Crippen LogP contribution in [-0.2, 0) is 6.54 Å². The number of likely N-dealkylation sites (tertiary alicyclic amines) is 1. The number of phenolic OH excluding ortho intramolecular Hbond substituents is 1. The number of ether oxygens (including phenoxy) is 2. The maximum Gasteiger partial charge on any atom is 0.200 e. The number of aryl methyl sites for hydroxylation is 1. The van der Waals surface area contributed by atoms with Gasteiger partial charge < -0.3 is 19.1 Å². The number of rotatable bonds is 5. The zero-order chi connectivity index (χ0) is 17.8. The van der Waals surface area contributed by atoms with Gasteiger partial charge in [0.05, 0.1) is 26.0 Å². The summed E-state index contributed by atoms with van der Waals surface area (Å²) in [7, 11) is 3.09. The van der Waals surface area contributed by atoms with Gasteiger partial charge in [0, 0.05) is 12.6 Å². The summed E-state index contributed by atoms with van der Waals surface area (Å²) in [6.07, 6.45) is 4.63. The molecule has 1 saturated heterocycles. The normalized spacial score (nSPS) is 18.8. The van der Waals surface area contributed by atoms with Crippen LogP contribution in [0.25, 0.3) is 0 Å². The van der Waals surface area contributed by atoms with Gasteiger partial charge >= 0.3 is 0 Å². The largest absolute Gasteiger partial charge is 0.502 e. The molecule has 1 N–H and O–H groups in total. The van der Waals surface area contributed by atoms with E-state index in [1.165, 1.54) is 12.8 Å². The second-order valence-corrected chi connectivity index (χ2v) is 6.56. The lowest BCUT2D eigenvalue weighted by atomic mass is 10.1. The fourth-order valence-electron chi connectivity index (χ4n) is 3.49. The number of nitrogens with zero attached hydrogens (tertiary/aromatic N) is 2. The van der Waals surface area contributed by atoms with Gasteiger partial charge in [-0.25, -0.2) is 0 Å². The summed E-state index contributed by atoms with van der Waals surface area (Å²) in [6, 6.07) is 5.98. The third-order valence-corrected chi connectivity index (χ3v) is 4.76. The van der Waals surface area contributed by atoms with Crippen LogP contribution in [0.3, 0.4) is 0 Å². The maximum atomic E-state index is 10.1. The van der Waals surface area contributed by atoms with Crippen LogP contribution in [-0.4, -0.2) is 35.9 Å². The van der Waals surface area contributed by atoms with Crippen molar-refractivity contribution in [1.82, 2.24) is 10.1 Å². The molecule has 25 heavy (non-hydrogen) atoms. The lowest BCUT2D eigenvalue weighted by Gasteiger charge is -2.28. The van der Waals surface area contributed by atoms with Crippen molar-refractivity contribution in [3.05, 3.63) is 35.2 Å². The molecule has 2 aromatic rings. The highest BCUT2D eigenvalue weighted by atomic mass is 16.5. The molecule has 1 aromatic heterocycles. The van der Waals surface area contributed by atoms with Crippen LogP contribution in [0.5, 0.6) is 17.2 Å². The smallest absolute Gasteiger partial charge is 0.200 e. The SMILES string of the molecule is COc1cc(CN2CCCCCC2c2cc(C)no2)cc(OC)c1O. The van der Waals surface area contributed by atoms with Gasteiger partial charge in [0.2, 0.25) is 5.75 Å². The topological polar surface area (TPSA) is 68.0 Å². The van der Waals surface area contributed by atoms with Crippen molar-refractivity contribution in [1.29, 1.82) is 0 Å². The van der Waals surface area contributed by atoms with Crippen LogP contribution < -0.4 is 9.47 Å². The van der Waals surface area contributed by atoms with Gasteiger partial charge in [0.25, 0.3) is 0 Å². The van der Waals surface area contributed by atoms with E-state index in [0.717, 1.165) is 42.9 Å². The van der Waals surface area contributed by atoms with Crippen LogP contribution in [0, 0.1) is 6.92 Å². The number of phenols is 1. The van der Waals surface area contributed by atoms with Crippen molar-refractivity contribution in [2.24, 2.45) is 0 Å². The molecule has 1 aliphatic rings. The Labute approximate surface area is 148 Å². The standard InChI is InChI=1S/C19H26N2O4/c1-13-9-16(25-20-13)15-7-5-4-6-8-21(15)12-14-10-17(23-2)19(22)18(11-14)24-3/h9-11,15,22H,4-8,12H2,1-3H3. The van der Waals surface area contributed by atoms with Crippen LogP contribution in [0.2, 0.25) is 0 Å². The van der Waals surface area contributed by atoms with Gasteiger partial charge in [0.15, 0.2) is 17.3 Å². The molecule has 0 amide bonds. The molecule has 1 aliphatic heterocycles. The molecule has 0 bridgehead atoms. The third kappa shape index (κ3) is 3.90. The molecule has 136 valence electrons. The highest BCUT2D eigenvalue weighted by Gasteiger charge is 2.26. The third-order valence-electron chi connectivity index (χ3n) is 4.76. The minimum atomic E-state index is 0.0343. The van der Waals surface area contributed by atoms with Crippen molar-refractivity contribution < 1.29 is 19.1 Å². The van der Waals surface area contributed by atoms with Gasteiger partial charge in [-0.1, -0.05) is 18.0 Å². The van der Waals surface area contributed by atoms with E-state index in [1.807, 2.05) is 25.1 Å². The summed E-state index contributed by atoms with van der Waals surface area (Å²) in [5.74, 6) is 1.82. The Morgan fingerprint density at radius 2 is 1.88 bits per heavy atom. The average molecular weight is 346 g/mol. The van der Waals surface area contributed by atoms with Crippen molar-refractivity contribution >= 4 is 0 Å². The molecule has 3 rings (SSSR count). The van der Waals surface area contributed by atoms with Gasteiger partial charge in [-0.3, -0.25) is 4.90 Å². The molecule has 2 heterocycles. The molecule has 6 nitrogen and oxygen atoms in total. The fraction of sp³-hybridized carbons (Fsp3) is 0.526. The zero-order valence-electron chi connectivity index (χ0n) is 15.1. The highest BCUT2D eigenvalue weighted by Crippen LogP contribution is 2.39. The Hall–Kier alpha value is -2.21. The minimum Gasteiger partial charge on any atom is -0.502 e. The second-order valence-electron chi connectivity index (χ2n) is 6.56. The van der Waals surface area contributed by atoms with Crippen LogP contribution in [0.1, 0.15) is 48.7 Å². The summed E-state index contributed by atoms with van der Waals surface area (Å²) in [6.45, 7) is 3.68. The van der Waals surface area contributed by atoms with Crippen LogP contribution in [0.4, 0.5) is 0 Å². The molecule has 0 saturated carbocycles. The highest BCUT2D eigenvalue weighted by molar-refractivity contribution is 5.52. The van der Waals surface area contributed by atoms with E-state index >= 15 is 0 Å². The van der Waals surface area contributed by atoms with E-state index in [0.29, 0.717) is 11.5 Å². The summed E-state index contributed by atoms with van der Waals surface area (Å²) in [5.41, 5.74) is 1.95. The Balaban J connectivity index is 1.88. The quantitative estimate of drug-likeness (QED) is 0.887. The molecule has 6 heteroatoms. The summed E-state index contributed by atoms with van der Waals surface area (Å²) in [5, 5.41) is 14.2. The number of aromatic hydroxyl groups is 1. The molecule has 1 aromatic carbocycles. The van der Waals surface area contributed by atoms with Crippen molar-refractivity contribution in [3.63, 3.8) is 0 Å². The van der Waals surface area contributed by atoms with Crippen molar-refractivity contribution in [3.8, 4) is 17.2 Å². The maximum absolute atomic E-state index is 10.1. The molecule has 1 unspecified atom stereocenters. The molecule has 0 aliphatic carbocycles. The van der Waals surface area contributed by atoms with E-state index in [1.54, 1.807) is 14.2 Å². The van der Waals surface area contributed by atoms with Gasteiger partial charge in [-0.2, -0.15) is 0 Å². The Morgan fingerprint density at radius 3 is 2.48 bits per heavy atom. The minimum absolute atomic E-state index is 0.0343. The van der Waals surface area contributed by atoms with E-state index in [2.05, 4.69) is 10.1 Å². The fourth-order valence-corrected chi connectivity index (χ4v) is 3.49. The van der Waals surface area contributed by atoms with Crippen LogP contribution >= 0.6 is 0 Å². The predicted molar refractivity (Wildman–Crippen MR) is 94.1 cm³/mol.